The summed E-state index contributed by atoms with van der Waals surface area (Å²) in [7, 11) is -3.40. The molecule has 2 heterocycles. The topological polar surface area (TPSA) is 114 Å². The van der Waals surface area contributed by atoms with Gasteiger partial charge in [-0.25, -0.2) is 19.3 Å². The molecule has 2 atom stereocenters. The number of allylic oxidation sites excluding steroid dienone is 1. The molecule has 0 saturated carbocycles. The van der Waals surface area contributed by atoms with Gasteiger partial charge in [-0.05, 0) is 19.9 Å². The Morgan fingerprint density at radius 3 is 2.73 bits per heavy atom. The molecule has 1 aliphatic rings. The predicted octanol–water partition coefficient (Wildman–Crippen LogP) is 2.82. The third-order valence-corrected chi connectivity index (χ3v) is 5.71. The van der Waals surface area contributed by atoms with E-state index >= 15 is 0 Å². The van der Waals surface area contributed by atoms with Crippen LogP contribution in [0.4, 0.5) is 10.2 Å². The Labute approximate surface area is 149 Å². The van der Waals surface area contributed by atoms with E-state index in [1.54, 1.807) is 18.4 Å². The van der Waals surface area contributed by atoms with E-state index in [0.717, 1.165) is 0 Å². The molecular formula is C15H21FN5O4P. The number of nitrogens with two attached hydrogens (primary N) is 1. The Morgan fingerprint density at radius 2 is 2.04 bits per heavy atom. The maximum atomic E-state index is 14.3. The lowest BCUT2D eigenvalue weighted by molar-refractivity contribution is 0.0721. The quantitative estimate of drug-likeness (QED) is 0.690. The molecule has 0 radical (unpaired) electrons. The summed E-state index contributed by atoms with van der Waals surface area (Å²) in [6.45, 7) is 3.84. The van der Waals surface area contributed by atoms with E-state index in [0.29, 0.717) is 17.6 Å². The number of rotatable bonds is 8. The zero-order chi connectivity index (χ0) is 18.7. The summed E-state index contributed by atoms with van der Waals surface area (Å²) in [6, 6.07) is -0.349. The molecule has 0 aromatic carbocycles. The van der Waals surface area contributed by atoms with Crippen LogP contribution in [-0.2, 0) is 18.3 Å². The zero-order valence-corrected chi connectivity index (χ0v) is 15.4. The second-order valence-corrected chi connectivity index (χ2v) is 7.66. The third kappa shape index (κ3) is 3.78. The van der Waals surface area contributed by atoms with Crippen LogP contribution in [0.15, 0.2) is 24.6 Å². The van der Waals surface area contributed by atoms with Gasteiger partial charge in [-0.2, -0.15) is 0 Å². The van der Waals surface area contributed by atoms with Crippen LogP contribution < -0.4 is 5.73 Å². The van der Waals surface area contributed by atoms with E-state index in [4.69, 9.17) is 19.5 Å². The van der Waals surface area contributed by atoms with Crippen molar-refractivity contribution in [2.75, 3.05) is 25.3 Å². The van der Waals surface area contributed by atoms with Crippen molar-refractivity contribution in [3.63, 3.8) is 0 Å². The van der Waals surface area contributed by atoms with Crippen LogP contribution in [-0.4, -0.2) is 45.2 Å². The summed E-state index contributed by atoms with van der Waals surface area (Å²) >= 11 is 0. The molecule has 26 heavy (non-hydrogen) atoms. The summed E-state index contributed by atoms with van der Waals surface area (Å²) in [5.74, 6) is -0.184. The van der Waals surface area contributed by atoms with Crippen LogP contribution in [0.5, 0.6) is 0 Å². The van der Waals surface area contributed by atoms with E-state index in [1.165, 1.54) is 18.7 Å². The molecule has 0 aliphatic heterocycles. The summed E-state index contributed by atoms with van der Waals surface area (Å²) < 4.78 is 44.3. The van der Waals surface area contributed by atoms with Gasteiger partial charge >= 0.3 is 7.60 Å². The minimum atomic E-state index is -3.40. The molecule has 0 spiro atoms. The first kappa shape index (κ1) is 18.9. The van der Waals surface area contributed by atoms with E-state index < -0.39 is 19.5 Å². The van der Waals surface area contributed by atoms with Crippen molar-refractivity contribution >= 4 is 24.6 Å². The Bertz CT molecular complexity index is 848. The van der Waals surface area contributed by atoms with Gasteiger partial charge in [0, 0.05) is 6.42 Å². The van der Waals surface area contributed by atoms with Crippen molar-refractivity contribution in [3.05, 3.63) is 24.6 Å². The van der Waals surface area contributed by atoms with Gasteiger partial charge in [0.2, 0.25) is 0 Å². The standard InChI is InChI=1S/C15H21FN5O4P/c1-3-24-26(22,25-4-2)9-23-12-6-10(5-11(12)16)21-8-20-13-14(17)18-7-19-15(13)21/h5,7-8,10,12H,3-4,6,9H2,1-2H3,(H2,17,18,19)/t10-,12-/m1/s1. The monoisotopic (exact) mass is 385 g/mol. The summed E-state index contributed by atoms with van der Waals surface area (Å²) in [5, 5.41) is 0. The average molecular weight is 385 g/mol. The molecule has 1 aliphatic carbocycles. The summed E-state index contributed by atoms with van der Waals surface area (Å²) in [5.41, 5.74) is 6.75. The zero-order valence-electron chi connectivity index (χ0n) is 14.5. The molecule has 2 aromatic heterocycles. The largest absolute Gasteiger partial charge is 0.382 e. The molecule has 11 heteroatoms. The minimum Gasteiger partial charge on any atom is -0.382 e. The summed E-state index contributed by atoms with van der Waals surface area (Å²) in [4.78, 5) is 12.2. The van der Waals surface area contributed by atoms with Gasteiger partial charge < -0.3 is 24.1 Å². The number of aromatic nitrogens is 4. The van der Waals surface area contributed by atoms with Gasteiger partial charge in [-0.15, -0.1) is 0 Å². The molecule has 0 amide bonds. The number of anilines is 1. The molecule has 0 unspecified atom stereocenters. The molecular weight excluding hydrogens is 364 g/mol. The number of imidazole rings is 1. The van der Waals surface area contributed by atoms with E-state index in [1.807, 2.05) is 0 Å². The van der Waals surface area contributed by atoms with Gasteiger partial charge in [-0.3, -0.25) is 4.57 Å². The smallest absolute Gasteiger partial charge is 0.356 e. The number of hydrogen-bond acceptors (Lipinski definition) is 8. The van der Waals surface area contributed by atoms with Gasteiger partial charge in [0.25, 0.3) is 0 Å². The highest BCUT2D eigenvalue weighted by atomic mass is 31.2. The maximum Gasteiger partial charge on any atom is 0.356 e. The van der Waals surface area contributed by atoms with Crippen molar-refractivity contribution in [2.24, 2.45) is 0 Å². The fraction of sp³-hybridized carbons (Fsp3) is 0.533. The second-order valence-electron chi connectivity index (χ2n) is 5.67. The first-order valence-corrected chi connectivity index (χ1v) is 10.00. The van der Waals surface area contributed by atoms with Crippen molar-refractivity contribution in [1.82, 2.24) is 19.5 Å². The van der Waals surface area contributed by atoms with E-state index in [9.17, 15) is 8.96 Å². The number of ether oxygens (including phenoxy) is 1. The van der Waals surface area contributed by atoms with Gasteiger partial charge in [-0.1, -0.05) is 0 Å². The molecule has 9 nitrogen and oxygen atoms in total. The Hall–Kier alpha value is -1.87. The predicted molar refractivity (Wildman–Crippen MR) is 93.2 cm³/mol. The minimum absolute atomic E-state index is 0.217. The lowest BCUT2D eigenvalue weighted by Gasteiger charge is -2.20. The lowest BCUT2D eigenvalue weighted by Crippen LogP contribution is -2.15. The number of fused-ring (bicyclic) bond motifs is 1. The van der Waals surface area contributed by atoms with Crippen LogP contribution in [0.25, 0.3) is 11.2 Å². The van der Waals surface area contributed by atoms with Crippen LogP contribution in [0.1, 0.15) is 26.3 Å². The van der Waals surface area contributed by atoms with Crippen molar-refractivity contribution in [2.45, 2.75) is 32.4 Å². The molecule has 2 aromatic rings. The number of nitrogen functional groups attached to an aromatic ring is 1. The number of hydrogen-bond donors (Lipinski definition) is 1. The summed E-state index contributed by atoms with van der Waals surface area (Å²) in [6.07, 6.45) is 3.45. The molecule has 142 valence electrons. The van der Waals surface area contributed by atoms with Gasteiger partial charge in [0.15, 0.2) is 11.5 Å². The first-order valence-electron chi connectivity index (χ1n) is 8.27. The number of nitrogens with zero attached hydrogens (tertiary/aromatic N) is 4. The Morgan fingerprint density at radius 1 is 1.31 bits per heavy atom. The average Bonchev–Trinajstić information content (AvgIpc) is 3.18. The highest BCUT2D eigenvalue weighted by Gasteiger charge is 2.33. The molecule has 0 fully saturated rings. The van der Waals surface area contributed by atoms with Gasteiger partial charge in [0.1, 0.15) is 30.1 Å². The molecule has 0 bridgehead atoms. The van der Waals surface area contributed by atoms with Crippen molar-refractivity contribution in [3.8, 4) is 0 Å². The second kappa shape index (κ2) is 7.79. The maximum absolute atomic E-state index is 14.3. The Kier molecular flexibility index (Phi) is 5.67. The fourth-order valence-corrected chi connectivity index (χ4v) is 4.20. The van der Waals surface area contributed by atoms with Gasteiger partial charge in [0.05, 0.1) is 25.6 Å². The highest BCUT2D eigenvalue weighted by Crippen LogP contribution is 2.49. The van der Waals surface area contributed by atoms with Crippen molar-refractivity contribution in [1.29, 1.82) is 0 Å². The van der Waals surface area contributed by atoms with Crippen LogP contribution >= 0.6 is 7.60 Å². The van der Waals surface area contributed by atoms with E-state index in [2.05, 4.69) is 15.0 Å². The van der Waals surface area contributed by atoms with Crippen molar-refractivity contribution < 1.29 is 22.7 Å². The molecule has 2 N–H and O–H groups in total. The molecule has 0 saturated heterocycles. The Balaban J connectivity index is 1.71. The van der Waals surface area contributed by atoms with Crippen LogP contribution in [0.3, 0.4) is 0 Å². The first-order chi connectivity index (χ1) is 12.5. The third-order valence-electron chi connectivity index (χ3n) is 3.94. The lowest BCUT2D eigenvalue weighted by atomic mass is 10.2. The van der Waals surface area contributed by atoms with E-state index in [-0.39, 0.29) is 31.4 Å². The molecule has 3 rings (SSSR count). The van der Waals surface area contributed by atoms with Crippen LogP contribution in [0.2, 0.25) is 0 Å². The fourth-order valence-electron chi connectivity index (χ4n) is 2.83. The van der Waals surface area contributed by atoms with Crippen LogP contribution in [0, 0.1) is 0 Å². The highest BCUT2D eigenvalue weighted by molar-refractivity contribution is 7.53. The SMILES string of the molecule is CCOP(=O)(CO[C@@H]1C[C@H](n2cnc3c(N)ncnc32)C=C1F)OCC. The normalized spacial score (nSPS) is 20.7. The number of halogens is 1.